The topological polar surface area (TPSA) is 86.2 Å². The summed E-state index contributed by atoms with van der Waals surface area (Å²) < 4.78 is 21.1. The minimum Gasteiger partial charge on any atom is -0.507 e. The number of ether oxygens (including phenoxy) is 1. The average molecular weight is 617 g/mol. The second-order valence-electron chi connectivity index (χ2n) is 11.4. The predicted octanol–water partition coefficient (Wildman–Crippen LogP) is 5.24. The number of nitrogens with zero attached hydrogens (tertiary/aromatic N) is 4. The van der Waals surface area contributed by atoms with Crippen molar-refractivity contribution in [2.24, 2.45) is 0 Å². The van der Waals surface area contributed by atoms with Crippen LogP contribution in [-0.2, 0) is 14.3 Å². The highest BCUT2D eigenvalue weighted by Gasteiger charge is 2.45. The van der Waals surface area contributed by atoms with Crippen LogP contribution in [0.1, 0.15) is 43.5 Å². The molecule has 0 spiro atoms. The summed E-state index contributed by atoms with van der Waals surface area (Å²) >= 11 is 6.84. The molecule has 0 unspecified atom stereocenters. The third-order valence-electron chi connectivity index (χ3n) is 8.19. The number of aromatic nitrogens is 1. The number of fused-ring (bicyclic) bond motifs is 2. The molecule has 0 saturated carbocycles. The number of amides is 2. The molecule has 0 bridgehead atoms. The van der Waals surface area contributed by atoms with Crippen molar-refractivity contribution in [1.29, 1.82) is 0 Å². The summed E-state index contributed by atoms with van der Waals surface area (Å²) in [5.74, 6) is 1.03. The maximum Gasteiger partial charge on any atom is 0.295 e. The van der Waals surface area contributed by atoms with Crippen LogP contribution in [0.5, 0.6) is 5.75 Å². The Hall–Kier alpha value is -4.55. The lowest BCUT2D eigenvalue weighted by atomic mass is 9.94. The molecule has 5 rings (SSSR count). The van der Waals surface area contributed by atoms with E-state index in [9.17, 15) is 19.1 Å². The molecule has 3 aliphatic heterocycles. The molecule has 1 aromatic heterocycles. The van der Waals surface area contributed by atoms with Crippen LogP contribution in [0.3, 0.4) is 0 Å². The van der Waals surface area contributed by atoms with Crippen molar-refractivity contribution in [2.75, 3.05) is 31.1 Å². The summed E-state index contributed by atoms with van der Waals surface area (Å²) in [6, 6.07) is 5.31. The molecule has 1 N–H and O–H groups in total. The smallest absolute Gasteiger partial charge is 0.295 e. The number of carbonyl (C=O) groups excluding carboxylic acids is 2. The van der Waals surface area contributed by atoms with E-state index < -0.39 is 5.82 Å². The van der Waals surface area contributed by atoms with Gasteiger partial charge in [0.15, 0.2) is 0 Å². The van der Waals surface area contributed by atoms with Crippen LogP contribution >= 0.6 is 11.6 Å². The Balaban J connectivity index is 1.71. The van der Waals surface area contributed by atoms with E-state index in [2.05, 4.69) is 22.4 Å². The minimum absolute atomic E-state index is 0.00619. The highest BCUT2D eigenvalue weighted by Crippen LogP contribution is 2.41. The molecule has 44 heavy (non-hydrogen) atoms. The normalized spacial score (nSPS) is 21.5. The van der Waals surface area contributed by atoms with E-state index in [1.54, 1.807) is 22.1 Å². The van der Waals surface area contributed by atoms with Crippen molar-refractivity contribution in [1.82, 2.24) is 14.8 Å². The summed E-state index contributed by atoms with van der Waals surface area (Å²) in [6.07, 6.45) is 10.4. The van der Waals surface area contributed by atoms with Gasteiger partial charge in [0.1, 0.15) is 18.2 Å². The number of aromatic hydroxyl groups is 1. The van der Waals surface area contributed by atoms with E-state index in [-0.39, 0.29) is 70.6 Å². The first-order valence-corrected chi connectivity index (χ1v) is 14.7. The predicted molar refractivity (Wildman–Crippen MR) is 168 cm³/mol. The fourth-order valence-electron chi connectivity index (χ4n) is 6.08. The molecule has 2 atom stereocenters. The molecule has 10 heteroatoms. The molecule has 228 valence electrons. The summed E-state index contributed by atoms with van der Waals surface area (Å²) in [7, 11) is 0. The fraction of sp³-hybridized carbons (Fsp3) is 0.324. The van der Waals surface area contributed by atoms with E-state index in [0.29, 0.717) is 30.0 Å². The lowest BCUT2D eigenvalue weighted by Gasteiger charge is -2.51. The highest BCUT2D eigenvalue weighted by atomic mass is 35.5. The van der Waals surface area contributed by atoms with Gasteiger partial charge < -0.3 is 19.6 Å². The number of rotatable bonds is 5. The van der Waals surface area contributed by atoms with Gasteiger partial charge in [-0.15, -0.1) is 6.42 Å². The van der Waals surface area contributed by atoms with Gasteiger partial charge in [0.25, 0.3) is 5.91 Å². The molecular formula is C34H34ClFN4O4. The zero-order chi connectivity index (χ0) is 31.9. The fourth-order valence-corrected chi connectivity index (χ4v) is 6.36. The molecular weight excluding hydrogens is 583 g/mol. The van der Waals surface area contributed by atoms with Crippen molar-refractivity contribution in [3.63, 3.8) is 0 Å². The summed E-state index contributed by atoms with van der Waals surface area (Å²) in [4.78, 5) is 36.8. The Morgan fingerprint density at radius 1 is 1.32 bits per heavy atom. The first kappa shape index (κ1) is 30.9. The lowest BCUT2D eigenvalue weighted by Crippen LogP contribution is -2.62. The van der Waals surface area contributed by atoms with E-state index in [1.807, 2.05) is 33.8 Å². The van der Waals surface area contributed by atoms with Crippen LogP contribution in [-0.4, -0.2) is 70.0 Å². The van der Waals surface area contributed by atoms with Crippen molar-refractivity contribution in [3.8, 4) is 18.1 Å². The van der Waals surface area contributed by atoms with Crippen LogP contribution in [0.15, 0.2) is 71.3 Å². The number of carbonyl (C=O) groups is 2. The Bertz CT molecular complexity index is 1670. The van der Waals surface area contributed by atoms with Crippen molar-refractivity contribution >= 4 is 34.7 Å². The zero-order valence-electron chi connectivity index (χ0n) is 25.1. The summed E-state index contributed by atoms with van der Waals surface area (Å²) in [6.45, 7) is 12.6. The maximum atomic E-state index is 14.9. The molecule has 2 aromatic rings. The van der Waals surface area contributed by atoms with E-state index in [0.717, 1.165) is 11.3 Å². The number of anilines is 1. The Morgan fingerprint density at radius 3 is 2.73 bits per heavy atom. The minimum atomic E-state index is -0.722. The molecule has 1 aromatic carbocycles. The van der Waals surface area contributed by atoms with Crippen molar-refractivity contribution in [3.05, 3.63) is 93.9 Å². The van der Waals surface area contributed by atoms with Gasteiger partial charge in [-0.3, -0.25) is 19.5 Å². The van der Waals surface area contributed by atoms with E-state index in [4.69, 9.17) is 22.8 Å². The van der Waals surface area contributed by atoms with E-state index >= 15 is 0 Å². The van der Waals surface area contributed by atoms with Gasteiger partial charge in [-0.1, -0.05) is 44.0 Å². The standard InChI is InChI=1S/C34H34ClFN4O4/c1-7-24(29-26(36)10-9-11-27(29)41)25(35)14-22-16-40(31-20(5)12-13-37-30(31)19(3)4)34(43)33-32(22)39-15-21(6)38(28(42)8-2)17-23(39)18-44-33/h1,8-14,19,21,23,41H,2,15-18H2,3-6H3/b22-14+,25-24-/t21-,23-/m1/s1. The summed E-state index contributed by atoms with van der Waals surface area (Å²) in [5, 5.41) is 10.5. The molecule has 1 saturated heterocycles. The number of aryl methyl sites for hydroxylation is 1. The third kappa shape index (κ3) is 5.35. The highest BCUT2D eigenvalue weighted by molar-refractivity contribution is 6.35. The largest absolute Gasteiger partial charge is 0.507 e. The molecule has 8 nitrogen and oxygen atoms in total. The average Bonchev–Trinajstić information content (AvgIpc) is 2.99. The van der Waals surface area contributed by atoms with Crippen LogP contribution in [0.4, 0.5) is 10.1 Å². The van der Waals surface area contributed by atoms with Gasteiger partial charge in [0.2, 0.25) is 11.7 Å². The Kier molecular flexibility index (Phi) is 8.57. The van der Waals surface area contributed by atoms with Gasteiger partial charge >= 0.3 is 0 Å². The summed E-state index contributed by atoms with van der Waals surface area (Å²) in [5.41, 5.74) is 3.21. The number of hydrogen-bond donors (Lipinski definition) is 1. The Morgan fingerprint density at radius 2 is 2.07 bits per heavy atom. The van der Waals surface area contributed by atoms with Gasteiger partial charge in [-0.25, -0.2) is 4.39 Å². The quantitative estimate of drug-likeness (QED) is 0.365. The monoisotopic (exact) mass is 616 g/mol. The number of allylic oxidation sites excluding steroid dienone is 3. The molecule has 0 aliphatic carbocycles. The number of terminal acetylenes is 1. The molecule has 3 aliphatic rings. The number of hydrogen-bond acceptors (Lipinski definition) is 6. The van der Waals surface area contributed by atoms with E-state index in [1.165, 1.54) is 24.3 Å². The molecule has 0 radical (unpaired) electrons. The number of piperazine rings is 1. The first-order chi connectivity index (χ1) is 21.0. The van der Waals surface area contributed by atoms with Crippen LogP contribution in [0.2, 0.25) is 0 Å². The van der Waals surface area contributed by atoms with Crippen molar-refractivity contribution in [2.45, 2.75) is 45.7 Å². The second kappa shape index (κ2) is 12.2. The number of pyridine rings is 1. The van der Waals surface area contributed by atoms with Gasteiger partial charge in [-0.2, -0.15) is 0 Å². The number of benzene rings is 1. The Labute approximate surface area is 261 Å². The van der Waals surface area contributed by atoms with Gasteiger partial charge in [-0.05, 0) is 55.7 Å². The molecule has 4 heterocycles. The van der Waals surface area contributed by atoms with Crippen LogP contribution in [0, 0.1) is 25.1 Å². The number of phenolic OH excluding ortho intramolecular Hbond substituents is 1. The van der Waals surface area contributed by atoms with Gasteiger partial charge in [0.05, 0.1) is 45.8 Å². The second-order valence-corrected chi connectivity index (χ2v) is 11.8. The number of phenols is 1. The van der Waals surface area contributed by atoms with Crippen LogP contribution < -0.4 is 4.90 Å². The third-order valence-corrected chi connectivity index (χ3v) is 8.49. The zero-order valence-corrected chi connectivity index (χ0v) is 25.9. The number of halogens is 2. The van der Waals surface area contributed by atoms with Gasteiger partial charge in [0, 0.05) is 30.9 Å². The lowest BCUT2D eigenvalue weighted by molar-refractivity contribution is -0.134. The molecule has 1 fully saturated rings. The maximum absolute atomic E-state index is 14.9. The molecule has 2 amide bonds. The SMILES string of the molecule is C#C/C(=C(Cl)\C=C1/CN(c2c(C)ccnc2C(C)C)C(=O)C2=C1N1C[C@@H](C)N(C(=O)C=C)C[C@@H]1CO2)c1c(O)cccc1F. The van der Waals surface area contributed by atoms with Crippen LogP contribution in [0.25, 0.3) is 5.57 Å². The first-order valence-electron chi connectivity index (χ1n) is 14.4. The van der Waals surface area contributed by atoms with Crippen molar-refractivity contribution < 1.29 is 23.8 Å².